The number of hydrogen-bond donors (Lipinski definition) is 2. The first-order valence-corrected chi connectivity index (χ1v) is 7.53. The largest absolute Gasteiger partial charge is 0.394 e. The van der Waals surface area contributed by atoms with Crippen LogP contribution in [-0.4, -0.2) is 33.8 Å². The fourth-order valence-electron chi connectivity index (χ4n) is 2.97. The Kier molecular flexibility index (Phi) is 4.16. The molecule has 1 aliphatic rings. The van der Waals surface area contributed by atoms with E-state index in [9.17, 15) is 14.7 Å². The van der Waals surface area contributed by atoms with E-state index in [-0.39, 0.29) is 23.9 Å². The van der Waals surface area contributed by atoms with E-state index in [1.54, 1.807) is 30.3 Å². The first-order chi connectivity index (χ1) is 11.1. The van der Waals surface area contributed by atoms with Crippen molar-refractivity contribution >= 4 is 11.7 Å². The van der Waals surface area contributed by atoms with Crippen LogP contribution < -0.4 is 10.9 Å². The molecule has 6 heteroatoms. The molecule has 2 heterocycles. The molecule has 3 rings (SSSR count). The molecule has 0 aliphatic carbocycles. The SMILES string of the molecule is Cn1cccc(NC(=O)N2CCc3ccccc3C2CO)c1=O. The van der Waals surface area contributed by atoms with Crippen molar-refractivity contribution in [1.29, 1.82) is 0 Å². The molecule has 23 heavy (non-hydrogen) atoms. The number of amides is 2. The number of carbonyl (C=O) groups is 1. The Hall–Kier alpha value is -2.60. The van der Waals surface area contributed by atoms with Crippen molar-refractivity contribution in [2.75, 3.05) is 18.5 Å². The van der Waals surface area contributed by atoms with Gasteiger partial charge in [0.05, 0.1) is 12.6 Å². The number of hydrogen-bond acceptors (Lipinski definition) is 3. The number of benzene rings is 1. The fourth-order valence-corrected chi connectivity index (χ4v) is 2.97. The lowest BCUT2D eigenvalue weighted by Crippen LogP contribution is -2.44. The number of nitrogens with one attached hydrogen (secondary N) is 1. The van der Waals surface area contributed by atoms with Crippen LogP contribution in [0.1, 0.15) is 17.2 Å². The van der Waals surface area contributed by atoms with E-state index in [1.165, 1.54) is 4.57 Å². The van der Waals surface area contributed by atoms with Gasteiger partial charge in [0.15, 0.2) is 0 Å². The van der Waals surface area contributed by atoms with Crippen molar-refractivity contribution < 1.29 is 9.90 Å². The van der Waals surface area contributed by atoms with Crippen molar-refractivity contribution in [1.82, 2.24) is 9.47 Å². The second-order valence-corrected chi connectivity index (χ2v) is 5.61. The van der Waals surface area contributed by atoms with Crippen LogP contribution in [0.25, 0.3) is 0 Å². The van der Waals surface area contributed by atoms with Crippen LogP contribution >= 0.6 is 0 Å². The molecule has 0 spiro atoms. The molecule has 2 N–H and O–H groups in total. The van der Waals surface area contributed by atoms with Gasteiger partial charge in [-0.3, -0.25) is 4.79 Å². The first-order valence-electron chi connectivity index (χ1n) is 7.53. The number of anilines is 1. The van der Waals surface area contributed by atoms with Crippen LogP contribution in [0, 0.1) is 0 Å². The van der Waals surface area contributed by atoms with Gasteiger partial charge in [-0.05, 0) is 29.7 Å². The predicted molar refractivity (Wildman–Crippen MR) is 87.4 cm³/mol. The maximum atomic E-state index is 12.6. The Balaban J connectivity index is 1.85. The van der Waals surface area contributed by atoms with E-state index < -0.39 is 6.04 Å². The molecule has 120 valence electrons. The molecule has 0 fully saturated rings. The number of pyridine rings is 1. The van der Waals surface area contributed by atoms with Crippen molar-refractivity contribution in [3.05, 3.63) is 64.1 Å². The number of urea groups is 1. The number of aryl methyl sites for hydroxylation is 1. The lowest BCUT2D eigenvalue weighted by atomic mass is 9.93. The highest BCUT2D eigenvalue weighted by molar-refractivity contribution is 5.89. The van der Waals surface area contributed by atoms with Gasteiger partial charge in [-0.25, -0.2) is 4.79 Å². The highest BCUT2D eigenvalue weighted by Gasteiger charge is 2.30. The van der Waals surface area contributed by atoms with Gasteiger partial charge < -0.3 is 19.9 Å². The van der Waals surface area contributed by atoms with Gasteiger partial charge in [-0.15, -0.1) is 0 Å². The average Bonchev–Trinajstić information content (AvgIpc) is 2.57. The summed E-state index contributed by atoms with van der Waals surface area (Å²) in [6, 6.07) is 10.3. The first kappa shape index (κ1) is 15.3. The summed E-state index contributed by atoms with van der Waals surface area (Å²) in [5.74, 6) is 0. The zero-order valence-electron chi connectivity index (χ0n) is 12.9. The summed E-state index contributed by atoms with van der Waals surface area (Å²) in [5.41, 5.74) is 2.07. The lowest BCUT2D eigenvalue weighted by molar-refractivity contribution is 0.135. The third kappa shape index (κ3) is 2.85. The van der Waals surface area contributed by atoms with Gasteiger partial charge in [-0.2, -0.15) is 0 Å². The summed E-state index contributed by atoms with van der Waals surface area (Å²) in [4.78, 5) is 26.2. The third-order valence-corrected chi connectivity index (χ3v) is 4.21. The van der Waals surface area contributed by atoms with Crippen molar-refractivity contribution in [3.63, 3.8) is 0 Å². The van der Waals surface area contributed by atoms with Crippen LogP contribution in [0.15, 0.2) is 47.4 Å². The third-order valence-electron chi connectivity index (χ3n) is 4.21. The summed E-state index contributed by atoms with van der Waals surface area (Å²) in [6.07, 6.45) is 2.36. The van der Waals surface area contributed by atoms with Gasteiger partial charge in [0.2, 0.25) is 0 Å². The summed E-state index contributed by atoms with van der Waals surface area (Å²) in [6.45, 7) is 0.346. The quantitative estimate of drug-likeness (QED) is 0.882. The fraction of sp³-hybridized carbons (Fsp3) is 0.294. The number of carbonyl (C=O) groups excluding carboxylic acids is 1. The molecule has 0 saturated carbocycles. The van der Waals surface area contributed by atoms with E-state index in [0.717, 1.165) is 17.5 Å². The summed E-state index contributed by atoms with van der Waals surface area (Å²) < 4.78 is 1.41. The standard InChI is InChI=1S/C17H19N3O3/c1-19-9-4-7-14(16(19)22)18-17(23)20-10-8-12-5-2-3-6-13(12)15(20)11-21/h2-7,9,15,21H,8,10-11H2,1H3,(H,18,23). The summed E-state index contributed by atoms with van der Waals surface area (Å²) >= 11 is 0. The zero-order chi connectivity index (χ0) is 16.4. The molecule has 1 aromatic heterocycles. The molecule has 2 aromatic rings. The summed E-state index contributed by atoms with van der Waals surface area (Å²) in [5, 5.41) is 12.4. The van der Waals surface area contributed by atoms with Crippen molar-refractivity contribution in [3.8, 4) is 0 Å². The Bertz CT molecular complexity index is 785. The maximum Gasteiger partial charge on any atom is 0.322 e. The highest BCUT2D eigenvalue weighted by Crippen LogP contribution is 2.29. The van der Waals surface area contributed by atoms with E-state index in [1.807, 2.05) is 24.3 Å². The monoisotopic (exact) mass is 313 g/mol. The van der Waals surface area contributed by atoms with E-state index >= 15 is 0 Å². The second kappa shape index (κ2) is 6.26. The predicted octanol–water partition coefficient (Wildman–Crippen LogP) is 1.51. The molecule has 1 atom stereocenters. The van der Waals surface area contributed by atoms with Gasteiger partial charge >= 0.3 is 6.03 Å². The van der Waals surface area contributed by atoms with E-state index in [4.69, 9.17) is 0 Å². The Morgan fingerprint density at radius 2 is 2.09 bits per heavy atom. The van der Waals surface area contributed by atoms with E-state index in [0.29, 0.717) is 6.54 Å². The van der Waals surface area contributed by atoms with Crippen LogP contribution in [0.3, 0.4) is 0 Å². The molecular formula is C17H19N3O3. The molecule has 0 radical (unpaired) electrons. The molecule has 1 aliphatic heterocycles. The molecular weight excluding hydrogens is 294 g/mol. The van der Waals surface area contributed by atoms with Crippen LogP contribution in [0.2, 0.25) is 0 Å². The molecule has 0 bridgehead atoms. The maximum absolute atomic E-state index is 12.6. The Morgan fingerprint density at radius 3 is 2.87 bits per heavy atom. The Morgan fingerprint density at radius 1 is 1.30 bits per heavy atom. The minimum absolute atomic E-state index is 0.156. The van der Waals surface area contributed by atoms with Gasteiger partial charge in [0, 0.05) is 19.8 Å². The lowest BCUT2D eigenvalue weighted by Gasteiger charge is -2.36. The van der Waals surface area contributed by atoms with E-state index in [2.05, 4.69) is 5.32 Å². The topological polar surface area (TPSA) is 74.6 Å². The molecule has 1 unspecified atom stereocenters. The van der Waals surface area contributed by atoms with Crippen molar-refractivity contribution in [2.45, 2.75) is 12.5 Å². The number of aliphatic hydroxyl groups is 1. The summed E-state index contributed by atoms with van der Waals surface area (Å²) in [7, 11) is 1.63. The number of nitrogens with zero attached hydrogens (tertiary/aromatic N) is 2. The van der Waals surface area contributed by atoms with Gasteiger partial charge in [-0.1, -0.05) is 24.3 Å². The van der Waals surface area contributed by atoms with Crippen LogP contribution in [0.5, 0.6) is 0 Å². The van der Waals surface area contributed by atoms with Crippen LogP contribution in [0.4, 0.5) is 10.5 Å². The molecule has 2 amide bonds. The molecule has 1 aromatic carbocycles. The smallest absolute Gasteiger partial charge is 0.322 e. The number of aromatic nitrogens is 1. The van der Waals surface area contributed by atoms with Crippen molar-refractivity contribution in [2.24, 2.45) is 7.05 Å². The van der Waals surface area contributed by atoms with Gasteiger partial charge in [0.1, 0.15) is 5.69 Å². The minimum Gasteiger partial charge on any atom is -0.394 e. The molecule has 0 saturated heterocycles. The second-order valence-electron chi connectivity index (χ2n) is 5.61. The highest BCUT2D eigenvalue weighted by atomic mass is 16.3. The average molecular weight is 313 g/mol. The van der Waals surface area contributed by atoms with Gasteiger partial charge in [0.25, 0.3) is 5.56 Å². The van der Waals surface area contributed by atoms with Crippen LogP contribution in [-0.2, 0) is 13.5 Å². The minimum atomic E-state index is -0.396. The number of aliphatic hydroxyl groups excluding tert-OH is 1. The number of fused-ring (bicyclic) bond motifs is 1. The number of rotatable bonds is 2. The Labute approximate surface area is 134 Å². The molecule has 6 nitrogen and oxygen atoms in total. The normalized spacial score (nSPS) is 16.8. The zero-order valence-corrected chi connectivity index (χ0v) is 12.9.